The molecular weight excluding hydrogens is 332 g/mol. The van der Waals surface area contributed by atoms with Gasteiger partial charge in [0, 0.05) is 23.9 Å². The molecule has 7 heteroatoms. The fourth-order valence-electron chi connectivity index (χ4n) is 2.30. The number of nitriles is 1. The monoisotopic (exact) mass is 346 g/mol. The first-order valence-electron chi connectivity index (χ1n) is 7.07. The van der Waals surface area contributed by atoms with Gasteiger partial charge >= 0.3 is 0 Å². The molecule has 1 N–H and O–H groups in total. The van der Waals surface area contributed by atoms with Gasteiger partial charge in [0.05, 0.1) is 18.2 Å². The number of aromatic hydroxyl groups is 1. The van der Waals surface area contributed by atoms with E-state index in [4.69, 9.17) is 21.6 Å². The maximum Gasteiger partial charge on any atom is 0.268 e. The Morgan fingerprint density at radius 3 is 2.79 bits per heavy atom. The quantitative estimate of drug-likeness (QED) is 0.840. The molecule has 6 nitrogen and oxygen atoms in total. The Morgan fingerprint density at radius 2 is 2.17 bits per heavy atom. The van der Waals surface area contributed by atoms with Crippen LogP contribution in [-0.2, 0) is 4.74 Å². The predicted molar refractivity (Wildman–Crippen MR) is 88.6 cm³/mol. The number of ether oxygens (including phenoxy) is 1. The van der Waals surface area contributed by atoms with E-state index in [1.165, 1.54) is 42.1 Å². The number of ketones is 1. The number of halogens is 1. The zero-order valence-electron chi connectivity index (χ0n) is 13.1. The molecule has 124 valence electrons. The SMILES string of the molecule is COC[C@@H](C)n1cc(C(=O)c2cc(Cl)ccc2O)cc(C#N)c1=O. The minimum Gasteiger partial charge on any atom is -0.507 e. The minimum absolute atomic E-state index is 0.00372. The van der Waals surface area contributed by atoms with Gasteiger partial charge in [-0.05, 0) is 31.2 Å². The van der Waals surface area contributed by atoms with Crippen LogP contribution in [0.1, 0.15) is 34.5 Å². The van der Waals surface area contributed by atoms with Crippen molar-refractivity contribution < 1.29 is 14.6 Å². The molecular formula is C17H15ClN2O4. The number of aromatic nitrogens is 1. The Labute approximate surface area is 143 Å². The molecule has 0 unspecified atom stereocenters. The van der Waals surface area contributed by atoms with Crippen LogP contribution in [0, 0.1) is 11.3 Å². The Morgan fingerprint density at radius 1 is 1.46 bits per heavy atom. The molecule has 0 amide bonds. The highest BCUT2D eigenvalue weighted by atomic mass is 35.5. The summed E-state index contributed by atoms with van der Waals surface area (Å²) in [5, 5.41) is 19.3. The van der Waals surface area contributed by atoms with E-state index in [0.29, 0.717) is 0 Å². The highest BCUT2D eigenvalue weighted by molar-refractivity contribution is 6.31. The molecule has 0 saturated heterocycles. The maximum atomic E-state index is 12.7. The Kier molecular flexibility index (Phi) is 5.39. The summed E-state index contributed by atoms with van der Waals surface area (Å²) in [7, 11) is 1.49. The molecule has 1 aromatic heterocycles. The van der Waals surface area contributed by atoms with E-state index in [-0.39, 0.29) is 40.1 Å². The molecule has 0 fully saturated rings. The fourth-order valence-corrected chi connectivity index (χ4v) is 2.47. The fraction of sp³-hybridized carbons (Fsp3) is 0.235. The standard InChI is InChI=1S/C17H15ClN2O4/c1-10(9-24-2)20-8-12(5-11(7-19)17(20)23)16(22)14-6-13(18)3-4-15(14)21/h3-6,8,10,21H,9H2,1-2H3/t10-/m1/s1. The Hall–Kier alpha value is -2.62. The molecule has 0 aliphatic carbocycles. The first-order valence-corrected chi connectivity index (χ1v) is 7.45. The molecule has 0 spiro atoms. The number of hydrogen-bond acceptors (Lipinski definition) is 5. The molecule has 2 aromatic rings. The summed E-state index contributed by atoms with van der Waals surface area (Å²) in [6.07, 6.45) is 1.36. The van der Waals surface area contributed by atoms with Crippen molar-refractivity contribution in [2.24, 2.45) is 0 Å². The van der Waals surface area contributed by atoms with Crippen molar-refractivity contribution in [1.29, 1.82) is 5.26 Å². The number of nitrogens with zero attached hydrogens (tertiary/aromatic N) is 2. The van der Waals surface area contributed by atoms with Gasteiger partial charge in [-0.1, -0.05) is 11.6 Å². The first-order chi connectivity index (χ1) is 11.4. The van der Waals surface area contributed by atoms with E-state index in [9.17, 15) is 14.7 Å². The minimum atomic E-state index is -0.537. The van der Waals surface area contributed by atoms with Crippen LogP contribution in [0.25, 0.3) is 0 Å². The number of methoxy groups -OCH3 is 1. The molecule has 1 atom stereocenters. The van der Waals surface area contributed by atoms with Gasteiger partial charge in [0.1, 0.15) is 17.4 Å². The lowest BCUT2D eigenvalue weighted by molar-refractivity contribution is 0.103. The molecule has 1 aromatic carbocycles. The zero-order valence-corrected chi connectivity index (χ0v) is 13.9. The number of pyridine rings is 1. The number of phenolic OH excluding ortho intramolecular Hbond substituents is 1. The summed E-state index contributed by atoms with van der Waals surface area (Å²) < 4.78 is 6.30. The molecule has 1 heterocycles. The highest BCUT2D eigenvalue weighted by Gasteiger charge is 2.19. The maximum absolute atomic E-state index is 12.7. The number of phenols is 1. The summed E-state index contributed by atoms with van der Waals surface area (Å²) in [5.74, 6) is -0.768. The average molecular weight is 347 g/mol. The second kappa shape index (κ2) is 7.30. The van der Waals surface area contributed by atoms with Gasteiger partial charge in [-0.25, -0.2) is 0 Å². The van der Waals surface area contributed by atoms with E-state index in [1.807, 2.05) is 0 Å². The number of carbonyl (C=O) groups excluding carboxylic acids is 1. The second-order valence-corrected chi connectivity index (χ2v) is 5.70. The number of carbonyl (C=O) groups is 1. The molecule has 0 saturated carbocycles. The van der Waals surface area contributed by atoms with Crippen LogP contribution in [0.2, 0.25) is 5.02 Å². The number of hydrogen-bond donors (Lipinski definition) is 1. The highest BCUT2D eigenvalue weighted by Crippen LogP contribution is 2.24. The van der Waals surface area contributed by atoms with Gasteiger partial charge in [0.2, 0.25) is 0 Å². The molecule has 0 bridgehead atoms. The Balaban J connectivity index is 2.60. The van der Waals surface area contributed by atoms with Crippen LogP contribution in [0.5, 0.6) is 5.75 Å². The van der Waals surface area contributed by atoms with E-state index in [2.05, 4.69) is 0 Å². The van der Waals surface area contributed by atoms with Gasteiger partial charge in [0.25, 0.3) is 5.56 Å². The molecule has 0 aliphatic heterocycles. The van der Waals surface area contributed by atoms with Gasteiger partial charge in [-0.3, -0.25) is 9.59 Å². The number of rotatable bonds is 5. The summed E-state index contributed by atoms with van der Waals surface area (Å²) >= 11 is 5.87. The van der Waals surface area contributed by atoms with Gasteiger partial charge in [-0.15, -0.1) is 0 Å². The smallest absolute Gasteiger partial charge is 0.268 e. The van der Waals surface area contributed by atoms with Gasteiger partial charge in [0.15, 0.2) is 5.78 Å². The summed E-state index contributed by atoms with van der Waals surface area (Å²) in [6.45, 7) is 1.97. The van der Waals surface area contributed by atoms with E-state index < -0.39 is 11.3 Å². The van der Waals surface area contributed by atoms with Crippen molar-refractivity contribution in [3.63, 3.8) is 0 Å². The van der Waals surface area contributed by atoms with Crippen molar-refractivity contribution in [3.8, 4) is 11.8 Å². The van der Waals surface area contributed by atoms with Crippen molar-refractivity contribution in [3.05, 3.63) is 62.5 Å². The van der Waals surface area contributed by atoms with Crippen molar-refractivity contribution in [2.75, 3.05) is 13.7 Å². The largest absolute Gasteiger partial charge is 0.507 e. The third-order valence-corrected chi connectivity index (χ3v) is 3.75. The Bertz CT molecular complexity index is 883. The van der Waals surface area contributed by atoms with Crippen LogP contribution in [0.15, 0.2) is 35.3 Å². The average Bonchev–Trinajstić information content (AvgIpc) is 2.56. The molecule has 2 rings (SSSR count). The van der Waals surface area contributed by atoms with Crippen molar-refractivity contribution >= 4 is 17.4 Å². The van der Waals surface area contributed by atoms with Crippen molar-refractivity contribution in [2.45, 2.75) is 13.0 Å². The lowest BCUT2D eigenvalue weighted by Crippen LogP contribution is -2.28. The normalized spacial score (nSPS) is 11.8. The van der Waals surface area contributed by atoms with E-state index in [0.717, 1.165) is 0 Å². The summed E-state index contributed by atoms with van der Waals surface area (Å²) in [4.78, 5) is 24.9. The van der Waals surface area contributed by atoms with E-state index in [1.54, 1.807) is 13.0 Å². The lowest BCUT2D eigenvalue weighted by Gasteiger charge is -2.16. The van der Waals surface area contributed by atoms with Crippen LogP contribution in [-0.4, -0.2) is 29.2 Å². The molecule has 24 heavy (non-hydrogen) atoms. The molecule has 0 radical (unpaired) electrons. The second-order valence-electron chi connectivity index (χ2n) is 5.26. The van der Waals surface area contributed by atoms with Crippen LogP contribution in [0.4, 0.5) is 0 Å². The van der Waals surface area contributed by atoms with Crippen LogP contribution >= 0.6 is 11.6 Å². The third kappa shape index (κ3) is 3.48. The topological polar surface area (TPSA) is 92.3 Å². The number of benzene rings is 1. The molecule has 0 aliphatic rings. The predicted octanol–water partition coefficient (Wildman–Crippen LogP) is 2.52. The van der Waals surface area contributed by atoms with Crippen molar-refractivity contribution in [1.82, 2.24) is 4.57 Å². The van der Waals surface area contributed by atoms with Crippen LogP contribution < -0.4 is 5.56 Å². The third-order valence-electron chi connectivity index (χ3n) is 3.51. The van der Waals surface area contributed by atoms with Gasteiger partial charge < -0.3 is 14.4 Å². The first kappa shape index (κ1) is 17.7. The lowest BCUT2D eigenvalue weighted by atomic mass is 10.0. The van der Waals surface area contributed by atoms with Crippen LogP contribution in [0.3, 0.4) is 0 Å². The van der Waals surface area contributed by atoms with Gasteiger partial charge in [-0.2, -0.15) is 5.26 Å². The summed E-state index contributed by atoms with van der Waals surface area (Å²) in [6, 6.07) is 6.73. The zero-order chi connectivity index (χ0) is 17.9. The summed E-state index contributed by atoms with van der Waals surface area (Å²) in [5.41, 5.74) is -0.568. The van der Waals surface area contributed by atoms with E-state index >= 15 is 0 Å².